The second kappa shape index (κ2) is 6.56. The van der Waals surface area contributed by atoms with Crippen LogP contribution < -0.4 is 0 Å². The molecule has 2 N–H and O–H groups in total. The van der Waals surface area contributed by atoms with Crippen molar-refractivity contribution in [2.24, 2.45) is 0 Å². The van der Waals surface area contributed by atoms with E-state index >= 15 is 0 Å². The number of benzene rings is 1. The minimum Gasteiger partial charge on any atom is -0.481 e. The van der Waals surface area contributed by atoms with E-state index in [2.05, 4.69) is 0 Å². The van der Waals surface area contributed by atoms with Crippen molar-refractivity contribution < 1.29 is 19.4 Å². The minimum atomic E-state index is -3.62. The maximum Gasteiger partial charge on any atom is 0.311 e. The van der Waals surface area contributed by atoms with E-state index in [-0.39, 0.29) is 6.16 Å². The lowest BCUT2D eigenvalue weighted by Gasteiger charge is -2.22. The molecule has 2 rings (SSSR count). The summed E-state index contributed by atoms with van der Waals surface area (Å²) in [7, 11) is -3.62. The molecule has 0 spiro atoms. The predicted octanol–water partition coefficient (Wildman–Crippen LogP) is 3.95. The number of carboxylic acid groups (broad SMARTS) is 1. The van der Waals surface area contributed by atoms with Crippen molar-refractivity contribution in [2.75, 3.05) is 6.16 Å². The summed E-state index contributed by atoms with van der Waals surface area (Å²) in [4.78, 5) is 21.8. The molecule has 0 fully saturated rings. The van der Waals surface area contributed by atoms with Gasteiger partial charge in [0.2, 0.25) is 7.37 Å². The number of thiophene rings is 1. The molecular formula is C15H17O4PS. The van der Waals surface area contributed by atoms with Gasteiger partial charge in [0.25, 0.3) is 0 Å². The molecule has 6 heteroatoms. The Labute approximate surface area is 127 Å². The van der Waals surface area contributed by atoms with Crippen LogP contribution in [-0.2, 0) is 9.36 Å². The zero-order valence-electron chi connectivity index (χ0n) is 11.5. The molecule has 112 valence electrons. The normalized spacial score (nSPS) is 16.9. The predicted molar refractivity (Wildman–Crippen MR) is 84.2 cm³/mol. The van der Waals surface area contributed by atoms with Gasteiger partial charge in [-0.05, 0) is 34.9 Å². The van der Waals surface area contributed by atoms with Gasteiger partial charge in [-0.3, -0.25) is 9.36 Å². The number of rotatable bonds is 6. The van der Waals surface area contributed by atoms with Crippen LogP contribution in [0.15, 0.2) is 47.2 Å². The molecule has 0 aliphatic carbocycles. The Kier molecular flexibility index (Phi) is 4.99. The average molecular weight is 324 g/mol. The highest BCUT2D eigenvalue weighted by molar-refractivity contribution is 7.58. The monoisotopic (exact) mass is 324 g/mol. The molecule has 2 aromatic rings. The summed E-state index contributed by atoms with van der Waals surface area (Å²) in [6.45, 7) is 1.67. The molecule has 0 radical (unpaired) electrons. The Bertz CT molecular complexity index is 639. The molecule has 1 aromatic heterocycles. The first-order chi connectivity index (χ1) is 9.92. The van der Waals surface area contributed by atoms with E-state index in [1.165, 1.54) is 11.3 Å². The Morgan fingerprint density at radius 1 is 1.24 bits per heavy atom. The standard InChI is InChI=1S/C15H17O4PS/c1-11(13-7-8-21-10-13)20(18,19)9-14(15(16)17)12-5-3-2-4-6-12/h2-8,10-11,14H,9H2,1H3,(H,16,17)(H,18,19). The third-order valence-electron chi connectivity index (χ3n) is 3.57. The lowest BCUT2D eigenvalue weighted by Crippen LogP contribution is -2.17. The van der Waals surface area contributed by atoms with Crippen LogP contribution in [-0.4, -0.2) is 22.1 Å². The van der Waals surface area contributed by atoms with Gasteiger partial charge in [0.1, 0.15) is 0 Å². The van der Waals surface area contributed by atoms with Gasteiger partial charge in [0, 0.05) is 6.16 Å². The topological polar surface area (TPSA) is 74.6 Å². The molecule has 0 saturated heterocycles. The van der Waals surface area contributed by atoms with Crippen molar-refractivity contribution in [1.29, 1.82) is 0 Å². The van der Waals surface area contributed by atoms with Gasteiger partial charge in [-0.2, -0.15) is 11.3 Å². The average Bonchev–Trinajstić information content (AvgIpc) is 2.98. The minimum absolute atomic E-state index is 0.261. The highest BCUT2D eigenvalue weighted by Crippen LogP contribution is 2.57. The van der Waals surface area contributed by atoms with E-state index in [9.17, 15) is 19.4 Å². The third kappa shape index (κ3) is 3.82. The van der Waals surface area contributed by atoms with Crippen molar-refractivity contribution in [3.8, 4) is 0 Å². The number of carboxylic acids is 1. The molecule has 0 aliphatic heterocycles. The van der Waals surface area contributed by atoms with E-state index in [0.29, 0.717) is 5.56 Å². The summed E-state index contributed by atoms with van der Waals surface area (Å²) in [5, 5.41) is 13.0. The van der Waals surface area contributed by atoms with Gasteiger partial charge in [-0.15, -0.1) is 0 Å². The van der Waals surface area contributed by atoms with Crippen LogP contribution >= 0.6 is 18.7 Å². The zero-order chi connectivity index (χ0) is 15.5. The van der Waals surface area contributed by atoms with Gasteiger partial charge in [0.05, 0.1) is 11.6 Å². The molecule has 0 saturated carbocycles. The Morgan fingerprint density at radius 3 is 2.43 bits per heavy atom. The van der Waals surface area contributed by atoms with Crippen molar-refractivity contribution in [1.82, 2.24) is 0 Å². The Morgan fingerprint density at radius 2 is 1.90 bits per heavy atom. The lowest BCUT2D eigenvalue weighted by atomic mass is 10.0. The van der Waals surface area contributed by atoms with E-state index in [1.54, 1.807) is 43.3 Å². The summed E-state index contributed by atoms with van der Waals surface area (Å²) in [6.07, 6.45) is -0.261. The maximum absolute atomic E-state index is 12.6. The lowest BCUT2D eigenvalue weighted by molar-refractivity contribution is -0.138. The number of aliphatic carboxylic acids is 1. The van der Waals surface area contributed by atoms with Crippen LogP contribution in [0, 0.1) is 0 Å². The van der Waals surface area contributed by atoms with Crippen molar-refractivity contribution in [3.63, 3.8) is 0 Å². The summed E-state index contributed by atoms with van der Waals surface area (Å²) < 4.78 is 12.6. The highest BCUT2D eigenvalue weighted by atomic mass is 32.1. The van der Waals surface area contributed by atoms with Crippen LogP contribution in [0.5, 0.6) is 0 Å². The van der Waals surface area contributed by atoms with Crippen LogP contribution in [0.25, 0.3) is 0 Å². The molecule has 1 heterocycles. The summed E-state index contributed by atoms with van der Waals surface area (Å²) in [5.41, 5.74) is 0.772. The molecule has 1 aromatic carbocycles. The van der Waals surface area contributed by atoms with Crippen molar-refractivity contribution >= 4 is 24.7 Å². The van der Waals surface area contributed by atoms with Crippen LogP contribution in [0.1, 0.15) is 29.6 Å². The second-order valence-electron chi connectivity index (χ2n) is 4.97. The molecule has 3 unspecified atom stereocenters. The van der Waals surface area contributed by atoms with E-state index in [4.69, 9.17) is 0 Å². The van der Waals surface area contributed by atoms with E-state index < -0.39 is 24.9 Å². The van der Waals surface area contributed by atoms with Gasteiger partial charge >= 0.3 is 5.97 Å². The molecular weight excluding hydrogens is 307 g/mol. The van der Waals surface area contributed by atoms with Crippen LogP contribution in [0.3, 0.4) is 0 Å². The summed E-state index contributed by atoms with van der Waals surface area (Å²) in [5.74, 6) is -2.05. The van der Waals surface area contributed by atoms with Crippen molar-refractivity contribution in [3.05, 3.63) is 58.3 Å². The van der Waals surface area contributed by atoms with Gasteiger partial charge in [-0.1, -0.05) is 30.3 Å². The van der Waals surface area contributed by atoms with E-state index in [1.807, 2.05) is 10.8 Å². The van der Waals surface area contributed by atoms with Crippen LogP contribution in [0.4, 0.5) is 0 Å². The summed E-state index contributed by atoms with van der Waals surface area (Å²) in [6, 6.07) is 10.4. The molecule has 3 atom stereocenters. The smallest absolute Gasteiger partial charge is 0.311 e. The molecule has 0 amide bonds. The molecule has 0 bridgehead atoms. The first-order valence-electron chi connectivity index (χ1n) is 6.53. The number of hydrogen-bond acceptors (Lipinski definition) is 3. The maximum atomic E-state index is 12.6. The number of carbonyl (C=O) groups is 1. The first-order valence-corrected chi connectivity index (χ1v) is 9.39. The second-order valence-corrected chi connectivity index (χ2v) is 8.40. The molecule has 4 nitrogen and oxygen atoms in total. The largest absolute Gasteiger partial charge is 0.481 e. The van der Waals surface area contributed by atoms with Gasteiger partial charge < -0.3 is 10.00 Å². The first kappa shape index (κ1) is 16.0. The fourth-order valence-electron chi connectivity index (χ4n) is 2.18. The highest BCUT2D eigenvalue weighted by Gasteiger charge is 2.35. The quantitative estimate of drug-likeness (QED) is 0.789. The van der Waals surface area contributed by atoms with E-state index in [0.717, 1.165) is 5.56 Å². The van der Waals surface area contributed by atoms with Crippen LogP contribution in [0.2, 0.25) is 0 Å². The van der Waals surface area contributed by atoms with Gasteiger partial charge in [0.15, 0.2) is 0 Å². The zero-order valence-corrected chi connectivity index (χ0v) is 13.3. The fraction of sp³-hybridized carbons (Fsp3) is 0.267. The molecule has 21 heavy (non-hydrogen) atoms. The summed E-state index contributed by atoms with van der Waals surface area (Å²) >= 11 is 1.46. The van der Waals surface area contributed by atoms with Crippen molar-refractivity contribution in [2.45, 2.75) is 18.5 Å². The number of hydrogen-bond donors (Lipinski definition) is 2. The SMILES string of the molecule is CC(c1ccsc1)P(=O)(O)CC(C(=O)O)c1ccccc1. The van der Waals surface area contributed by atoms with Gasteiger partial charge in [-0.25, -0.2) is 0 Å². The Balaban J connectivity index is 2.24. The Hall–Kier alpha value is -1.42. The fourth-order valence-corrected chi connectivity index (χ4v) is 4.86. The molecule has 0 aliphatic rings. The third-order valence-corrected chi connectivity index (χ3v) is 6.67.